The topological polar surface area (TPSA) is 50.7 Å². The normalized spacial score (nSPS) is 28.2. The van der Waals surface area contributed by atoms with Crippen molar-refractivity contribution in [3.8, 4) is 5.75 Å². The number of hydrazone groups is 1. The molecule has 24 heavy (non-hydrogen) atoms. The summed E-state index contributed by atoms with van der Waals surface area (Å²) in [5.41, 5.74) is 3.73. The zero-order valence-corrected chi connectivity index (χ0v) is 15.5. The van der Waals surface area contributed by atoms with Crippen molar-refractivity contribution < 1.29 is 9.53 Å². The fourth-order valence-electron chi connectivity index (χ4n) is 3.99. The minimum atomic E-state index is 0.0456. The number of carbonyl (C=O) groups is 1. The maximum absolute atomic E-state index is 12.4. The molecule has 1 N–H and O–H groups in total. The largest absolute Gasteiger partial charge is 0.489 e. The highest BCUT2D eigenvalue weighted by atomic mass is 79.9. The first-order valence-corrected chi connectivity index (χ1v) is 9.22. The molecular weight excluding hydrogens is 368 g/mol. The minimum Gasteiger partial charge on any atom is -0.489 e. The number of rotatable bonds is 6. The van der Waals surface area contributed by atoms with Crippen molar-refractivity contribution in [3.63, 3.8) is 0 Å². The van der Waals surface area contributed by atoms with Crippen LogP contribution in [-0.4, -0.2) is 18.7 Å². The Hall–Kier alpha value is -1.62. The molecule has 3 unspecified atom stereocenters. The second-order valence-electron chi connectivity index (χ2n) is 6.85. The first-order valence-electron chi connectivity index (χ1n) is 8.42. The van der Waals surface area contributed by atoms with Crippen molar-refractivity contribution >= 4 is 28.1 Å². The number of hydrogen-bond donors (Lipinski definition) is 1. The van der Waals surface area contributed by atoms with Gasteiger partial charge in [-0.1, -0.05) is 48.4 Å². The second-order valence-corrected chi connectivity index (χ2v) is 7.77. The van der Waals surface area contributed by atoms with Crippen LogP contribution < -0.4 is 10.2 Å². The fourth-order valence-corrected chi connectivity index (χ4v) is 4.36. The van der Waals surface area contributed by atoms with E-state index in [-0.39, 0.29) is 17.2 Å². The summed E-state index contributed by atoms with van der Waals surface area (Å²) in [6, 6.07) is 5.68. The summed E-state index contributed by atoms with van der Waals surface area (Å²) >= 11 is 3.44. The van der Waals surface area contributed by atoms with Gasteiger partial charge in [-0.15, -0.1) is 0 Å². The Morgan fingerprint density at radius 3 is 3.08 bits per heavy atom. The molecule has 3 rings (SSSR count). The summed E-state index contributed by atoms with van der Waals surface area (Å²) in [7, 11) is 0. The van der Waals surface area contributed by atoms with E-state index in [1.807, 2.05) is 18.2 Å². The van der Waals surface area contributed by atoms with Gasteiger partial charge >= 0.3 is 0 Å². The van der Waals surface area contributed by atoms with Gasteiger partial charge in [0.15, 0.2) is 0 Å². The number of hydrogen-bond acceptors (Lipinski definition) is 3. The summed E-state index contributed by atoms with van der Waals surface area (Å²) in [6.45, 7) is 6.32. The van der Waals surface area contributed by atoms with Crippen molar-refractivity contribution in [2.75, 3.05) is 6.61 Å². The standard InChI is InChI=1S/C19H23BrN2O2/c1-3-10-24-16-8-7-14(20)11-13(16)12-21-22-18(23)17-15-6-4-5-9-19(15,17)2/h3,7-8,11-12,15,17H,1,4-6,9-10H2,2H3,(H,22,23). The van der Waals surface area contributed by atoms with Gasteiger partial charge < -0.3 is 4.74 Å². The minimum absolute atomic E-state index is 0.0456. The predicted octanol–water partition coefficient (Wildman–Crippen LogP) is 4.29. The Morgan fingerprint density at radius 2 is 2.38 bits per heavy atom. The summed E-state index contributed by atoms with van der Waals surface area (Å²) in [5, 5.41) is 4.15. The quantitative estimate of drug-likeness (QED) is 0.447. The lowest BCUT2D eigenvalue weighted by Gasteiger charge is -2.15. The predicted molar refractivity (Wildman–Crippen MR) is 99.1 cm³/mol. The van der Waals surface area contributed by atoms with Crippen LogP contribution >= 0.6 is 15.9 Å². The average molecular weight is 391 g/mol. The molecule has 0 saturated heterocycles. The number of nitrogens with zero attached hydrogens (tertiary/aromatic N) is 1. The number of amides is 1. The smallest absolute Gasteiger partial charge is 0.244 e. The number of benzene rings is 1. The number of ether oxygens (including phenoxy) is 1. The number of fused-ring (bicyclic) bond motifs is 1. The number of carbonyl (C=O) groups excluding carboxylic acids is 1. The van der Waals surface area contributed by atoms with Gasteiger partial charge in [-0.05, 0) is 42.4 Å². The molecule has 1 aromatic rings. The lowest BCUT2D eigenvalue weighted by molar-refractivity contribution is -0.123. The maximum atomic E-state index is 12.4. The van der Waals surface area contributed by atoms with Crippen molar-refractivity contribution in [2.45, 2.75) is 32.6 Å². The van der Waals surface area contributed by atoms with E-state index in [2.05, 4.69) is 40.0 Å². The molecule has 2 saturated carbocycles. The highest BCUT2D eigenvalue weighted by Crippen LogP contribution is 2.66. The van der Waals surface area contributed by atoms with Gasteiger partial charge in [-0.3, -0.25) is 4.79 Å². The Balaban J connectivity index is 1.63. The molecule has 0 spiro atoms. The molecule has 0 aromatic heterocycles. The monoisotopic (exact) mass is 390 g/mol. The molecule has 2 aliphatic carbocycles. The number of nitrogens with one attached hydrogen (secondary N) is 1. The molecule has 128 valence electrons. The van der Waals surface area contributed by atoms with Gasteiger partial charge in [0.2, 0.25) is 5.91 Å². The van der Waals surface area contributed by atoms with Crippen LogP contribution in [0.1, 0.15) is 38.2 Å². The van der Waals surface area contributed by atoms with Crippen LogP contribution in [0.15, 0.2) is 40.4 Å². The van der Waals surface area contributed by atoms with E-state index in [4.69, 9.17) is 4.74 Å². The zero-order chi connectivity index (χ0) is 17.2. The zero-order valence-electron chi connectivity index (χ0n) is 13.9. The Morgan fingerprint density at radius 1 is 1.54 bits per heavy atom. The molecule has 4 nitrogen and oxygen atoms in total. The molecular formula is C19H23BrN2O2. The molecule has 1 aromatic carbocycles. The summed E-state index contributed by atoms with van der Waals surface area (Å²) in [5.74, 6) is 1.42. The van der Waals surface area contributed by atoms with Gasteiger partial charge in [0.1, 0.15) is 12.4 Å². The molecule has 2 aliphatic rings. The Labute approximate surface area is 151 Å². The molecule has 2 fully saturated rings. The van der Waals surface area contributed by atoms with Crippen LogP contribution in [0, 0.1) is 17.3 Å². The lowest BCUT2D eigenvalue weighted by atomic mass is 9.90. The van der Waals surface area contributed by atoms with E-state index >= 15 is 0 Å². The lowest BCUT2D eigenvalue weighted by Crippen LogP contribution is -2.22. The van der Waals surface area contributed by atoms with Crippen LogP contribution in [0.2, 0.25) is 0 Å². The van der Waals surface area contributed by atoms with Crippen molar-refractivity contribution in [3.05, 3.63) is 40.9 Å². The third kappa shape index (κ3) is 3.41. The molecule has 0 radical (unpaired) electrons. The van der Waals surface area contributed by atoms with E-state index < -0.39 is 0 Å². The van der Waals surface area contributed by atoms with Crippen LogP contribution in [0.4, 0.5) is 0 Å². The molecule has 0 bridgehead atoms. The van der Waals surface area contributed by atoms with E-state index in [1.54, 1.807) is 12.3 Å². The first kappa shape index (κ1) is 17.2. The van der Waals surface area contributed by atoms with E-state index in [1.165, 1.54) is 19.3 Å². The first-order chi connectivity index (χ1) is 11.6. The van der Waals surface area contributed by atoms with Gasteiger partial charge in [0.25, 0.3) is 0 Å². The van der Waals surface area contributed by atoms with E-state index in [9.17, 15) is 4.79 Å². The SMILES string of the molecule is C=CCOc1ccc(Br)cc1C=NNC(=O)C1C2CCCCC21C. The third-order valence-corrected chi connectivity index (χ3v) is 5.81. The van der Waals surface area contributed by atoms with E-state index in [0.717, 1.165) is 16.5 Å². The van der Waals surface area contributed by atoms with Crippen LogP contribution in [0.5, 0.6) is 5.75 Å². The van der Waals surface area contributed by atoms with Crippen molar-refractivity contribution in [2.24, 2.45) is 22.4 Å². The number of halogens is 1. The maximum Gasteiger partial charge on any atom is 0.244 e. The fraction of sp³-hybridized carbons (Fsp3) is 0.474. The third-order valence-electron chi connectivity index (χ3n) is 5.32. The Bertz CT molecular complexity index is 673. The molecule has 5 heteroatoms. The summed E-state index contributed by atoms with van der Waals surface area (Å²) in [6.07, 6.45) is 8.14. The van der Waals surface area contributed by atoms with Gasteiger partial charge in [-0.2, -0.15) is 5.10 Å². The summed E-state index contributed by atoms with van der Waals surface area (Å²) in [4.78, 5) is 12.4. The van der Waals surface area contributed by atoms with Crippen LogP contribution in [0.3, 0.4) is 0 Å². The van der Waals surface area contributed by atoms with Gasteiger partial charge in [-0.25, -0.2) is 5.43 Å². The molecule has 0 aliphatic heterocycles. The average Bonchev–Trinajstić information content (AvgIpc) is 3.19. The summed E-state index contributed by atoms with van der Waals surface area (Å²) < 4.78 is 6.54. The highest BCUT2D eigenvalue weighted by molar-refractivity contribution is 9.10. The van der Waals surface area contributed by atoms with Gasteiger partial charge in [0.05, 0.1) is 6.21 Å². The Kier molecular flexibility index (Phi) is 5.09. The molecule has 1 amide bonds. The second kappa shape index (κ2) is 7.09. The highest BCUT2D eigenvalue weighted by Gasteiger charge is 2.64. The van der Waals surface area contributed by atoms with E-state index in [0.29, 0.717) is 18.3 Å². The molecule has 3 atom stereocenters. The van der Waals surface area contributed by atoms with Crippen LogP contribution in [0.25, 0.3) is 0 Å². The molecule has 0 heterocycles. The van der Waals surface area contributed by atoms with Gasteiger partial charge in [0, 0.05) is 16.0 Å². The van der Waals surface area contributed by atoms with Crippen LogP contribution in [-0.2, 0) is 4.79 Å². The van der Waals surface area contributed by atoms with Crippen molar-refractivity contribution in [1.82, 2.24) is 5.43 Å². The van der Waals surface area contributed by atoms with Crippen molar-refractivity contribution in [1.29, 1.82) is 0 Å².